The molecule has 1 aromatic rings. The first kappa shape index (κ1) is 21.0. The molecule has 9 nitrogen and oxygen atoms in total. The maximum Gasteiger partial charge on any atom is 0.270 e. The van der Waals surface area contributed by atoms with Crippen LogP contribution < -0.4 is 4.90 Å². The molecule has 0 amide bonds. The molecule has 2 saturated heterocycles. The largest absolute Gasteiger partial charge is 0.370 e. The van der Waals surface area contributed by atoms with Crippen molar-refractivity contribution in [2.45, 2.75) is 23.8 Å². The molecule has 0 aromatic heterocycles. The Morgan fingerprint density at radius 2 is 1.68 bits per heavy atom. The van der Waals surface area contributed by atoms with E-state index >= 15 is 0 Å². The molecule has 0 spiro atoms. The van der Waals surface area contributed by atoms with Gasteiger partial charge < -0.3 is 9.80 Å². The maximum absolute atomic E-state index is 12.8. The summed E-state index contributed by atoms with van der Waals surface area (Å²) in [7, 11) is 1.24. The number of benzene rings is 1. The maximum atomic E-state index is 12.8. The molecule has 0 aliphatic carbocycles. The van der Waals surface area contributed by atoms with E-state index in [1.54, 1.807) is 6.07 Å². The Hall–Kier alpha value is -1.75. The molecule has 2 aliphatic heterocycles. The number of rotatable bonds is 5. The predicted molar refractivity (Wildman–Crippen MR) is 108 cm³/mol. The van der Waals surface area contributed by atoms with Crippen molar-refractivity contribution in [1.82, 2.24) is 14.1 Å². The van der Waals surface area contributed by atoms with Crippen molar-refractivity contribution in [1.29, 1.82) is 0 Å². The molecule has 0 N–H and O–H groups in total. The third-order valence-electron chi connectivity index (χ3n) is 5.77. The highest BCUT2D eigenvalue weighted by atomic mass is 32.2. The quantitative estimate of drug-likeness (QED) is 0.529. The molecular formula is C18H29N5O4S. The van der Waals surface area contributed by atoms with E-state index < -0.39 is 14.9 Å². The summed E-state index contributed by atoms with van der Waals surface area (Å²) in [4.78, 5) is 17.5. The molecule has 0 atom stereocenters. The van der Waals surface area contributed by atoms with Crippen LogP contribution >= 0.6 is 0 Å². The van der Waals surface area contributed by atoms with E-state index in [2.05, 4.69) is 16.8 Å². The fourth-order valence-corrected chi connectivity index (χ4v) is 5.06. The lowest BCUT2D eigenvalue weighted by atomic mass is 10.0. The van der Waals surface area contributed by atoms with Gasteiger partial charge in [-0.2, -0.15) is 0 Å². The number of anilines is 1. The van der Waals surface area contributed by atoms with Crippen molar-refractivity contribution < 1.29 is 13.3 Å². The van der Waals surface area contributed by atoms with E-state index in [0.29, 0.717) is 11.7 Å². The van der Waals surface area contributed by atoms with Crippen LogP contribution in [-0.4, -0.2) is 93.9 Å². The Labute approximate surface area is 166 Å². The second-order valence-corrected chi connectivity index (χ2v) is 9.87. The Kier molecular flexibility index (Phi) is 6.23. The van der Waals surface area contributed by atoms with Gasteiger partial charge in [0.15, 0.2) is 0 Å². The molecule has 156 valence electrons. The predicted octanol–water partition coefficient (Wildman–Crippen LogP) is 1.06. The van der Waals surface area contributed by atoms with Gasteiger partial charge in [0.25, 0.3) is 5.69 Å². The van der Waals surface area contributed by atoms with Crippen molar-refractivity contribution in [3.05, 3.63) is 28.3 Å². The molecule has 28 heavy (non-hydrogen) atoms. The van der Waals surface area contributed by atoms with Gasteiger partial charge in [-0.1, -0.05) is 0 Å². The molecule has 1 aromatic carbocycles. The number of sulfonamides is 1. The first-order valence-electron chi connectivity index (χ1n) is 9.58. The van der Waals surface area contributed by atoms with Crippen molar-refractivity contribution >= 4 is 21.4 Å². The first-order chi connectivity index (χ1) is 13.2. The normalized spacial score (nSPS) is 20.6. The molecule has 3 rings (SSSR count). The number of piperazine rings is 1. The summed E-state index contributed by atoms with van der Waals surface area (Å²) in [6.07, 6.45) is 1.92. The zero-order valence-electron chi connectivity index (χ0n) is 16.7. The van der Waals surface area contributed by atoms with Crippen LogP contribution in [0.3, 0.4) is 0 Å². The van der Waals surface area contributed by atoms with E-state index in [4.69, 9.17) is 0 Å². The van der Waals surface area contributed by atoms with E-state index in [9.17, 15) is 18.5 Å². The fraction of sp³-hybridized carbons (Fsp3) is 0.667. The molecule has 0 unspecified atom stereocenters. The minimum absolute atomic E-state index is 0.00440. The van der Waals surface area contributed by atoms with Crippen LogP contribution in [0.5, 0.6) is 0 Å². The van der Waals surface area contributed by atoms with Crippen LogP contribution in [0.1, 0.15) is 12.8 Å². The van der Waals surface area contributed by atoms with Crippen LogP contribution in [0, 0.1) is 10.1 Å². The Morgan fingerprint density at radius 3 is 2.21 bits per heavy atom. The van der Waals surface area contributed by atoms with Crippen LogP contribution in [-0.2, 0) is 10.0 Å². The number of hydrogen-bond acceptors (Lipinski definition) is 7. The van der Waals surface area contributed by atoms with Gasteiger partial charge in [0.05, 0.1) is 10.6 Å². The number of likely N-dealkylation sites (N-methyl/N-ethyl adjacent to an activating group) is 1. The van der Waals surface area contributed by atoms with Gasteiger partial charge in [0.1, 0.15) is 4.90 Å². The second kappa shape index (κ2) is 8.32. The van der Waals surface area contributed by atoms with Crippen LogP contribution in [0.15, 0.2) is 23.1 Å². The summed E-state index contributed by atoms with van der Waals surface area (Å²) in [5, 5.41) is 11.2. The molecule has 0 bridgehead atoms. The van der Waals surface area contributed by atoms with E-state index in [1.807, 2.05) is 4.90 Å². The van der Waals surface area contributed by atoms with Gasteiger partial charge in [-0.3, -0.25) is 15.0 Å². The highest BCUT2D eigenvalue weighted by Crippen LogP contribution is 2.33. The van der Waals surface area contributed by atoms with Gasteiger partial charge >= 0.3 is 0 Å². The zero-order valence-corrected chi connectivity index (χ0v) is 17.6. The highest BCUT2D eigenvalue weighted by molar-refractivity contribution is 7.89. The number of piperidine rings is 1. The lowest BCUT2D eigenvalue weighted by molar-refractivity contribution is -0.385. The zero-order chi connectivity index (χ0) is 20.5. The highest BCUT2D eigenvalue weighted by Gasteiger charge is 2.31. The Morgan fingerprint density at radius 1 is 1.07 bits per heavy atom. The molecule has 2 heterocycles. The monoisotopic (exact) mass is 411 g/mol. The molecule has 0 radical (unpaired) electrons. The summed E-state index contributed by atoms with van der Waals surface area (Å²) >= 11 is 0. The fourth-order valence-electron chi connectivity index (χ4n) is 3.94. The van der Waals surface area contributed by atoms with Gasteiger partial charge in [-0.05, 0) is 26.0 Å². The van der Waals surface area contributed by atoms with Gasteiger partial charge in [-0.25, -0.2) is 12.7 Å². The third kappa shape index (κ3) is 4.29. The summed E-state index contributed by atoms with van der Waals surface area (Å²) in [5.74, 6) is 0. The lowest BCUT2D eigenvalue weighted by Gasteiger charge is -2.42. The van der Waals surface area contributed by atoms with Crippen LogP contribution in [0.2, 0.25) is 0 Å². The number of hydrogen-bond donors (Lipinski definition) is 0. The summed E-state index contributed by atoms with van der Waals surface area (Å²) in [6, 6.07) is 4.65. The van der Waals surface area contributed by atoms with Gasteiger partial charge in [0.2, 0.25) is 10.0 Å². The first-order valence-corrected chi connectivity index (χ1v) is 11.0. The van der Waals surface area contributed by atoms with Crippen molar-refractivity contribution in [2.75, 3.05) is 65.3 Å². The molecule has 2 fully saturated rings. The topological polar surface area (TPSA) is 90.2 Å². The van der Waals surface area contributed by atoms with Crippen molar-refractivity contribution in [3.8, 4) is 0 Å². The second-order valence-electron chi connectivity index (χ2n) is 7.75. The van der Waals surface area contributed by atoms with Gasteiger partial charge in [-0.15, -0.1) is 0 Å². The number of nitro groups is 1. The number of non-ortho nitro benzene ring substituents is 1. The Bertz CT molecular complexity index is 813. The van der Waals surface area contributed by atoms with E-state index in [-0.39, 0.29) is 10.6 Å². The minimum atomic E-state index is -3.78. The molecule has 0 saturated carbocycles. The number of nitro benzene ring substituents is 1. The smallest absolute Gasteiger partial charge is 0.270 e. The SMILES string of the molecule is CN1CCN(C2CCN(c3ccc([N+](=O)[O-])cc3S(=O)(=O)N(C)C)CC2)CC1. The number of nitrogens with zero attached hydrogens (tertiary/aromatic N) is 5. The third-order valence-corrected chi connectivity index (χ3v) is 7.62. The molecular weight excluding hydrogens is 382 g/mol. The summed E-state index contributed by atoms with van der Waals surface area (Å²) in [6.45, 7) is 5.77. The minimum Gasteiger partial charge on any atom is -0.370 e. The molecule has 2 aliphatic rings. The van der Waals surface area contributed by atoms with Crippen LogP contribution in [0.4, 0.5) is 11.4 Å². The standard InChI is InChI=1S/C18H29N5O4S/c1-19(2)28(26,27)18-14-16(23(24)25)4-5-17(18)22-8-6-15(7-9-22)21-12-10-20(3)11-13-21/h4-5,14-15H,6-13H2,1-3H3. The van der Waals surface area contributed by atoms with E-state index in [1.165, 1.54) is 26.2 Å². The lowest BCUT2D eigenvalue weighted by Crippen LogP contribution is -2.52. The molecule has 10 heteroatoms. The summed E-state index contributed by atoms with van der Waals surface area (Å²) < 4.78 is 26.7. The van der Waals surface area contributed by atoms with E-state index in [0.717, 1.165) is 56.4 Å². The van der Waals surface area contributed by atoms with Crippen LogP contribution in [0.25, 0.3) is 0 Å². The summed E-state index contributed by atoms with van der Waals surface area (Å²) in [5.41, 5.74) is 0.340. The average Bonchev–Trinajstić information content (AvgIpc) is 2.68. The average molecular weight is 412 g/mol. The Balaban J connectivity index is 1.79. The van der Waals surface area contributed by atoms with Crippen molar-refractivity contribution in [2.24, 2.45) is 0 Å². The van der Waals surface area contributed by atoms with Gasteiger partial charge in [0, 0.05) is 71.5 Å². The van der Waals surface area contributed by atoms with Crippen molar-refractivity contribution in [3.63, 3.8) is 0 Å².